The monoisotopic (exact) mass is 345 g/mol. The van der Waals surface area contributed by atoms with Gasteiger partial charge in [-0.3, -0.25) is 9.59 Å². The van der Waals surface area contributed by atoms with E-state index in [-0.39, 0.29) is 11.8 Å². The number of nitrogens with zero attached hydrogens (tertiary/aromatic N) is 2. The van der Waals surface area contributed by atoms with Crippen molar-refractivity contribution in [1.82, 2.24) is 15.1 Å². The van der Waals surface area contributed by atoms with Crippen LogP contribution in [0.15, 0.2) is 35.0 Å². The molecule has 0 saturated carbocycles. The molecule has 7 heteroatoms. The van der Waals surface area contributed by atoms with Gasteiger partial charge < -0.3 is 5.32 Å². The molecule has 0 aliphatic heterocycles. The smallest absolute Gasteiger partial charge is 0.288 e. The fourth-order valence-electron chi connectivity index (χ4n) is 2.30. The number of amides is 1. The molecule has 1 N–H and O–H groups in total. The number of hydrogen-bond acceptors (Lipinski definition) is 5. The van der Waals surface area contributed by atoms with Gasteiger partial charge in [0.05, 0.1) is 15.4 Å². The van der Waals surface area contributed by atoms with Crippen LogP contribution in [0.4, 0.5) is 0 Å². The molecule has 0 fully saturated rings. The summed E-state index contributed by atoms with van der Waals surface area (Å²) in [5.41, 5.74) is 2.38. The second kappa shape index (κ2) is 6.47. The Morgan fingerprint density at radius 1 is 1.13 bits per heavy atom. The Bertz CT molecular complexity index is 833. The first kappa shape index (κ1) is 15.6. The molecule has 0 bridgehead atoms. The highest BCUT2D eigenvalue weighted by Gasteiger charge is 2.19. The van der Waals surface area contributed by atoms with E-state index in [2.05, 4.69) is 10.4 Å². The molecule has 3 heterocycles. The maximum atomic E-state index is 12.4. The van der Waals surface area contributed by atoms with Crippen LogP contribution in [0.25, 0.3) is 0 Å². The first-order chi connectivity index (χ1) is 11.1. The molecule has 0 radical (unpaired) electrons. The molecule has 0 saturated heterocycles. The lowest BCUT2D eigenvalue weighted by atomic mass is 10.2. The fraction of sp³-hybridized carbons (Fsp3) is 0.188. The van der Waals surface area contributed by atoms with Gasteiger partial charge in [0.25, 0.3) is 11.8 Å². The summed E-state index contributed by atoms with van der Waals surface area (Å²) in [7, 11) is 0. The molecule has 23 heavy (non-hydrogen) atoms. The van der Waals surface area contributed by atoms with Crippen molar-refractivity contribution in [3.63, 3.8) is 0 Å². The van der Waals surface area contributed by atoms with Crippen LogP contribution in [-0.4, -0.2) is 21.6 Å². The minimum absolute atomic E-state index is 0.115. The molecular formula is C16H15N3O2S2. The average molecular weight is 345 g/mol. The summed E-state index contributed by atoms with van der Waals surface area (Å²) in [6.07, 6.45) is 0. The van der Waals surface area contributed by atoms with Crippen LogP contribution in [0.2, 0.25) is 0 Å². The fourth-order valence-corrected chi connectivity index (χ4v) is 3.58. The average Bonchev–Trinajstić information content (AvgIpc) is 3.27. The maximum Gasteiger partial charge on any atom is 0.288 e. The Balaban J connectivity index is 1.78. The van der Waals surface area contributed by atoms with E-state index in [9.17, 15) is 9.59 Å². The first-order valence-electron chi connectivity index (χ1n) is 7.03. The van der Waals surface area contributed by atoms with Gasteiger partial charge in [-0.2, -0.15) is 9.78 Å². The molecule has 0 unspecified atom stereocenters. The number of rotatable bonds is 4. The molecule has 0 aromatic carbocycles. The summed E-state index contributed by atoms with van der Waals surface area (Å²) in [5.74, 6) is -0.257. The van der Waals surface area contributed by atoms with Gasteiger partial charge in [0, 0.05) is 17.8 Å². The Hall–Kier alpha value is -2.25. The second-order valence-electron chi connectivity index (χ2n) is 5.00. The zero-order chi connectivity index (χ0) is 16.4. The molecule has 3 aromatic heterocycles. The van der Waals surface area contributed by atoms with Crippen molar-refractivity contribution in [3.8, 4) is 0 Å². The van der Waals surface area contributed by atoms with Crippen molar-refractivity contribution in [2.75, 3.05) is 0 Å². The zero-order valence-electron chi connectivity index (χ0n) is 12.7. The molecule has 0 aliphatic rings. The number of nitrogens with one attached hydrogen (secondary N) is 1. The molecule has 3 rings (SSSR count). The van der Waals surface area contributed by atoms with Crippen LogP contribution in [0.1, 0.15) is 36.3 Å². The largest absolute Gasteiger partial charge is 0.347 e. The van der Waals surface area contributed by atoms with Crippen LogP contribution >= 0.6 is 22.7 Å². The SMILES string of the molecule is Cc1nn(C(=O)c2cccs2)c(C)c1CNC(=O)c1cccs1. The molecule has 118 valence electrons. The van der Waals surface area contributed by atoms with Crippen molar-refractivity contribution >= 4 is 34.5 Å². The lowest BCUT2D eigenvalue weighted by Gasteiger charge is -2.05. The third kappa shape index (κ3) is 3.11. The topological polar surface area (TPSA) is 64.0 Å². The summed E-state index contributed by atoms with van der Waals surface area (Å²) < 4.78 is 1.41. The Kier molecular flexibility index (Phi) is 4.40. The van der Waals surface area contributed by atoms with E-state index in [1.165, 1.54) is 27.4 Å². The maximum absolute atomic E-state index is 12.4. The third-order valence-corrected chi connectivity index (χ3v) is 5.26. The van der Waals surface area contributed by atoms with Gasteiger partial charge in [0.2, 0.25) is 0 Å². The highest BCUT2D eigenvalue weighted by Crippen LogP contribution is 2.17. The summed E-state index contributed by atoms with van der Waals surface area (Å²) in [5, 5.41) is 10.9. The highest BCUT2D eigenvalue weighted by molar-refractivity contribution is 7.12. The molecular weight excluding hydrogens is 330 g/mol. The van der Waals surface area contributed by atoms with Gasteiger partial charge in [-0.15, -0.1) is 22.7 Å². The van der Waals surface area contributed by atoms with Gasteiger partial charge >= 0.3 is 0 Å². The van der Waals surface area contributed by atoms with E-state index in [1.54, 1.807) is 12.1 Å². The zero-order valence-corrected chi connectivity index (χ0v) is 14.3. The summed E-state index contributed by atoms with van der Waals surface area (Å²) in [6.45, 7) is 4.04. The van der Waals surface area contributed by atoms with E-state index in [0.29, 0.717) is 16.3 Å². The minimum Gasteiger partial charge on any atom is -0.347 e. The van der Waals surface area contributed by atoms with Gasteiger partial charge in [-0.1, -0.05) is 12.1 Å². The van der Waals surface area contributed by atoms with E-state index < -0.39 is 0 Å². The van der Waals surface area contributed by atoms with Crippen molar-refractivity contribution in [2.24, 2.45) is 0 Å². The Morgan fingerprint density at radius 2 is 1.78 bits per heavy atom. The number of thiophene rings is 2. The summed E-state index contributed by atoms with van der Waals surface area (Å²) in [4.78, 5) is 25.8. The van der Waals surface area contributed by atoms with Gasteiger partial charge in [-0.05, 0) is 36.7 Å². The van der Waals surface area contributed by atoms with Crippen LogP contribution < -0.4 is 5.32 Å². The Labute approximate surface area is 141 Å². The number of carbonyl (C=O) groups is 2. The predicted octanol–water partition coefficient (Wildman–Crippen LogP) is 3.24. The number of carbonyl (C=O) groups excluding carboxylic acids is 2. The number of aryl methyl sites for hydroxylation is 1. The van der Waals surface area contributed by atoms with Gasteiger partial charge in [-0.25, -0.2) is 0 Å². The Morgan fingerprint density at radius 3 is 2.39 bits per heavy atom. The molecule has 0 aliphatic carbocycles. The van der Waals surface area contributed by atoms with E-state index in [4.69, 9.17) is 0 Å². The van der Waals surface area contributed by atoms with E-state index in [0.717, 1.165) is 17.0 Å². The van der Waals surface area contributed by atoms with Crippen molar-refractivity contribution in [3.05, 3.63) is 61.7 Å². The summed E-state index contributed by atoms with van der Waals surface area (Å²) >= 11 is 2.78. The lowest BCUT2D eigenvalue weighted by molar-refractivity contribution is 0.0943. The molecule has 1 amide bonds. The van der Waals surface area contributed by atoms with Crippen LogP contribution in [0, 0.1) is 13.8 Å². The van der Waals surface area contributed by atoms with Crippen LogP contribution in [0.3, 0.4) is 0 Å². The van der Waals surface area contributed by atoms with E-state index in [1.807, 2.05) is 36.7 Å². The van der Waals surface area contributed by atoms with Gasteiger partial charge in [0.1, 0.15) is 0 Å². The normalized spacial score (nSPS) is 10.7. The van der Waals surface area contributed by atoms with Gasteiger partial charge in [0.15, 0.2) is 0 Å². The molecule has 5 nitrogen and oxygen atoms in total. The molecule has 3 aromatic rings. The number of hydrogen-bond donors (Lipinski definition) is 1. The third-order valence-electron chi connectivity index (χ3n) is 3.54. The van der Waals surface area contributed by atoms with Crippen molar-refractivity contribution < 1.29 is 9.59 Å². The highest BCUT2D eigenvalue weighted by atomic mass is 32.1. The van der Waals surface area contributed by atoms with E-state index >= 15 is 0 Å². The van der Waals surface area contributed by atoms with Crippen molar-refractivity contribution in [2.45, 2.75) is 20.4 Å². The molecule has 0 spiro atoms. The number of aromatic nitrogens is 2. The minimum atomic E-state index is -0.142. The predicted molar refractivity (Wildman–Crippen MR) is 91.2 cm³/mol. The molecule has 0 atom stereocenters. The second-order valence-corrected chi connectivity index (χ2v) is 6.90. The van der Waals surface area contributed by atoms with Crippen LogP contribution in [-0.2, 0) is 6.54 Å². The first-order valence-corrected chi connectivity index (χ1v) is 8.79. The quantitative estimate of drug-likeness (QED) is 0.789. The van der Waals surface area contributed by atoms with Crippen LogP contribution in [0.5, 0.6) is 0 Å². The lowest BCUT2D eigenvalue weighted by Crippen LogP contribution is -2.22. The standard InChI is InChI=1S/C16H15N3O2S2/c1-10-12(9-17-15(20)13-5-3-7-22-13)11(2)19(18-10)16(21)14-6-4-8-23-14/h3-8H,9H2,1-2H3,(H,17,20). The summed E-state index contributed by atoms with van der Waals surface area (Å²) in [6, 6.07) is 7.24. The van der Waals surface area contributed by atoms with Crippen molar-refractivity contribution in [1.29, 1.82) is 0 Å².